The molecule has 148 valence electrons. The summed E-state index contributed by atoms with van der Waals surface area (Å²) in [7, 11) is 0. The Balaban J connectivity index is 1.65. The van der Waals surface area contributed by atoms with Gasteiger partial charge in [-0.1, -0.05) is 24.4 Å². The Kier molecular flexibility index (Phi) is 6.60. The number of amides is 2. The number of morpholine rings is 1. The molecule has 1 saturated heterocycles. The van der Waals surface area contributed by atoms with E-state index in [1.54, 1.807) is 29.2 Å². The predicted molar refractivity (Wildman–Crippen MR) is 103 cm³/mol. The van der Waals surface area contributed by atoms with E-state index >= 15 is 0 Å². The molecule has 0 bridgehead atoms. The lowest BCUT2D eigenvalue weighted by atomic mass is 9.96. The van der Waals surface area contributed by atoms with Crippen LogP contribution in [0.3, 0.4) is 0 Å². The van der Waals surface area contributed by atoms with E-state index in [0.717, 1.165) is 12.8 Å². The standard InChI is InChI=1S/C20H27ClN2O4/c21-16-5-7-17(8-6-16)26-14-20(12-18(22)24)13-23(9-10-27-20)19(25)11-15-3-1-2-4-15/h5-8,15H,1-4,9-14H2,(H2,22,24)/t20-/m1/s1. The van der Waals surface area contributed by atoms with Crippen LogP contribution >= 0.6 is 11.6 Å². The van der Waals surface area contributed by atoms with Crippen LogP contribution in [0.2, 0.25) is 5.02 Å². The molecule has 0 unspecified atom stereocenters. The number of ether oxygens (including phenoxy) is 2. The molecule has 1 aromatic rings. The van der Waals surface area contributed by atoms with Gasteiger partial charge in [-0.15, -0.1) is 0 Å². The van der Waals surface area contributed by atoms with Gasteiger partial charge in [-0.2, -0.15) is 0 Å². The van der Waals surface area contributed by atoms with Gasteiger partial charge in [-0.25, -0.2) is 0 Å². The average Bonchev–Trinajstić information content (AvgIpc) is 3.14. The van der Waals surface area contributed by atoms with Crippen LogP contribution in [-0.4, -0.2) is 48.6 Å². The first-order valence-corrected chi connectivity index (χ1v) is 9.92. The molecule has 1 saturated carbocycles. The van der Waals surface area contributed by atoms with E-state index in [9.17, 15) is 9.59 Å². The van der Waals surface area contributed by atoms with Gasteiger partial charge in [0.2, 0.25) is 11.8 Å². The highest BCUT2D eigenvalue weighted by Gasteiger charge is 2.41. The molecule has 1 aromatic carbocycles. The van der Waals surface area contributed by atoms with E-state index in [-0.39, 0.29) is 18.9 Å². The third kappa shape index (κ3) is 5.59. The second-order valence-electron chi connectivity index (χ2n) is 7.59. The lowest BCUT2D eigenvalue weighted by Gasteiger charge is -2.42. The quantitative estimate of drug-likeness (QED) is 0.770. The second-order valence-corrected chi connectivity index (χ2v) is 8.02. The molecular weight excluding hydrogens is 368 g/mol. The van der Waals surface area contributed by atoms with Crippen molar-refractivity contribution >= 4 is 23.4 Å². The number of primary amides is 1. The van der Waals surface area contributed by atoms with E-state index < -0.39 is 11.5 Å². The van der Waals surface area contributed by atoms with Crippen molar-refractivity contribution < 1.29 is 19.1 Å². The molecule has 2 fully saturated rings. The van der Waals surface area contributed by atoms with E-state index in [1.807, 2.05) is 0 Å². The van der Waals surface area contributed by atoms with Crippen LogP contribution < -0.4 is 10.5 Å². The van der Waals surface area contributed by atoms with E-state index in [2.05, 4.69) is 0 Å². The molecular formula is C20H27ClN2O4. The Morgan fingerprint density at radius 3 is 2.63 bits per heavy atom. The third-order valence-corrected chi connectivity index (χ3v) is 5.60. The number of carbonyl (C=O) groups is 2. The molecule has 2 aliphatic rings. The SMILES string of the molecule is NC(=O)C[C@]1(COc2ccc(Cl)cc2)CN(C(=O)CC2CCCC2)CCO1. The summed E-state index contributed by atoms with van der Waals surface area (Å²) in [6.07, 6.45) is 5.26. The maximum absolute atomic E-state index is 12.7. The van der Waals surface area contributed by atoms with Gasteiger partial charge in [0.15, 0.2) is 0 Å². The lowest BCUT2D eigenvalue weighted by molar-refractivity contribution is -0.162. The molecule has 1 aliphatic heterocycles. The summed E-state index contributed by atoms with van der Waals surface area (Å²) in [6, 6.07) is 6.98. The second kappa shape index (κ2) is 8.93. The Morgan fingerprint density at radius 1 is 1.26 bits per heavy atom. The Bertz CT molecular complexity index is 660. The highest BCUT2D eigenvalue weighted by Crippen LogP contribution is 2.30. The number of hydrogen-bond donors (Lipinski definition) is 1. The van der Waals surface area contributed by atoms with Gasteiger partial charge in [0.1, 0.15) is 18.0 Å². The van der Waals surface area contributed by atoms with E-state index in [1.165, 1.54) is 12.8 Å². The van der Waals surface area contributed by atoms with Crippen LogP contribution in [0, 0.1) is 5.92 Å². The number of nitrogens with zero attached hydrogens (tertiary/aromatic N) is 1. The van der Waals surface area contributed by atoms with Crippen molar-refractivity contribution in [3.63, 3.8) is 0 Å². The maximum Gasteiger partial charge on any atom is 0.223 e. The highest BCUT2D eigenvalue weighted by atomic mass is 35.5. The van der Waals surface area contributed by atoms with Gasteiger partial charge in [0.25, 0.3) is 0 Å². The van der Waals surface area contributed by atoms with Gasteiger partial charge in [-0.05, 0) is 43.0 Å². The summed E-state index contributed by atoms with van der Waals surface area (Å²) in [5.41, 5.74) is 4.53. The number of halogens is 1. The number of nitrogens with two attached hydrogens (primary N) is 1. The molecule has 1 heterocycles. The molecule has 0 aromatic heterocycles. The van der Waals surface area contributed by atoms with Gasteiger partial charge in [0, 0.05) is 18.0 Å². The first-order chi connectivity index (χ1) is 13.0. The van der Waals surface area contributed by atoms with Crippen molar-refractivity contribution in [1.82, 2.24) is 4.90 Å². The maximum atomic E-state index is 12.7. The fourth-order valence-electron chi connectivity index (χ4n) is 3.96. The van der Waals surface area contributed by atoms with Crippen LogP contribution in [-0.2, 0) is 14.3 Å². The number of rotatable bonds is 7. The van der Waals surface area contributed by atoms with Crippen molar-refractivity contribution in [3.05, 3.63) is 29.3 Å². The third-order valence-electron chi connectivity index (χ3n) is 5.35. The fraction of sp³-hybridized carbons (Fsp3) is 0.600. The smallest absolute Gasteiger partial charge is 0.223 e. The van der Waals surface area contributed by atoms with E-state index in [4.69, 9.17) is 26.8 Å². The molecule has 6 nitrogen and oxygen atoms in total. The van der Waals surface area contributed by atoms with Gasteiger partial charge in [0.05, 0.1) is 19.6 Å². The minimum absolute atomic E-state index is 0.00774. The van der Waals surface area contributed by atoms with Crippen LogP contribution in [0.15, 0.2) is 24.3 Å². The molecule has 1 aliphatic carbocycles. The minimum Gasteiger partial charge on any atom is -0.490 e. The fourth-order valence-corrected chi connectivity index (χ4v) is 4.08. The summed E-state index contributed by atoms with van der Waals surface area (Å²) in [5.74, 6) is 0.766. The zero-order chi connectivity index (χ0) is 19.3. The van der Waals surface area contributed by atoms with Crippen molar-refractivity contribution in [3.8, 4) is 5.75 Å². The van der Waals surface area contributed by atoms with Gasteiger partial charge < -0.3 is 20.1 Å². The molecule has 0 radical (unpaired) electrons. The van der Waals surface area contributed by atoms with Crippen LogP contribution in [0.1, 0.15) is 38.5 Å². The largest absolute Gasteiger partial charge is 0.490 e. The molecule has 0 spiro atoms. The zero-order valence-electron chi connectivity index (χ0n) is 15.5. The van der Waals surface area contributed by atoms with Crippen molar-refractivity contribution in [1.29, 1.82) is 0 Å². The average molecular weight is 395 g/mol. The molecule has 3 rings (SSSR count). The number of hydrogen-bond acceptors (Lipinski definition) is 4. The molecule has 27 heavy (non-hydrogen) atoms. The van der Waals surface area contributed by atoms with Gasteiger partial charge in [-0.3, -0.25) is 9.59 Å². The summed E-state index contributed by atoms with van der Waals surface area (Å²) >= 11 is 5.89. The first kappa shape index (κ1) is 20.0. The number of carbonyl (C=O) groups excluding carboxylic acids is 2. The molecule has 1 atom stereocenters. The van der Waals surface area contributed by atoms with Crippen LogP contribution in [0.4, 0.5) is 0 Å². The molecule has 2 N–H and O–H groups in total. The van der Waals surface area contributed by atoms with Crippen LogP contribution in [0.5, 0.6) is 5.75 Å². The normalized spacial score (nSPS) is 23.4. The molecule has 2 amide bonds. The number of benzene rings is 1. The van der Waals surface area contributed by atoms with Crippen molar-refractivity contribution in [2.75, 3.05) is 26.3 Å². The predicted octanol–water partition coefficient (Wildman–Crippen LogP) is 2.77. The molecule has 7 heteroatoms. The topological polar surface area (TPSA) is 81.9 Å². The highest BCUT2D eigenvalue weighted by molar-refractivity contribution is 6.30. The first-order valence-electron chi connectivity index (χ1n) is 9.54. The monoisotopic (exact) mass is 394 g/mol. The van der Waals surface area contributed by atoms with E-state index in [0.29, 0.717) is 42.8 Å². The Morgan fingerprint density at radius 2 is 1.96 bits per heavy atom. The minimum atomic E-state index is -0.922. The lowest BCUT2D eigenvalue weighted by Crippen LogP contribution is -2.58. The zero-order valence-corrected chi connectivity index (χ0v) is 16.2. The summed E-state index contributed by atoms with van der Waals surface area (Å²) in [5, 5.41) is 0.617. The van der Waals surface area contributed by atoms with Gasteiger partial charge >= 0.3 is 0 Å². The summed E-state index contributed by atoms with van der Waals surface area (Å²) < 4.78 is 11.8. The summed E-state index contributed by atoms with van der Waals surface area (Å²) in [6.45, 7) is 1.36. The Labute approximate surface area is 164 Å². The van der Waals surface area contributed by atoms with Crippen molar-refractivity contribution in [2.24, 2.45) is 11.7 Å². The van der Waals surface area contributed by atoms with Crippen molar-refractivity contribution in [2.45, 2.75) is 44.1 Å². The summed E-state index contributed by atoms with van der Waals surface area (Å²) in [4.78, 5) is 26.2. The Hall–Kier alpha value is -1.79. The van der Waals surface area contributed by atoms with Crippen LogP contribution in [0.25, 0.3) is 0 Å².